The highest BCUT2D eigenvalue weighted by Gasteiger charge is 2.43. The Morgan fingerprint density at radius 1 is 1.21 bits per heavy atom. The van der Waals surface area contributed by atoms with Crippen LogP contribution < -0.4 is 11.1 Å². The standard InChI is InChI=1S/C22H39N3O3Si/c1-21(2,3)27-20(26)25-18-13-15(16-11-12-24-14-17(16)23)9-10-19(18)28-29(7,8)22(4,5)6/h11-12,14-15,18-19H,9-10,13,23H2,1-8H3,(H,25,26)/t15?,18-,19-/m1/s1. The third kappa shape index (κ3) is 6.44. The van der Waals surface area contributed by atoms with Crippen molar-refractivity contribution in [1.29, 1.82) is 0 Å². The Kier molecular flexibility index (Phi) is 7.05. The average Bonchev–Trinajstić information content (AvgIpc) is 2.54. The van der Waals surface area contributed by atoms with Crippen LogP contribution in [0, 0.1) is 0 Å². The molecule has 0 bridgehead atoms. The van der Waals surface area contributed by atoms with Gasteiger partial charge in [0.15, 0.2) is 8.32 Å². The second-order valence-corrected chi connectivity index (χ2v) is 15.4. The SMILES string of the molecule is CC(C)(C)OC(=O)N[C@@H]1CC(c2ccncc2N)CC[C@H]1O[Si](C)(C)C(C)(C)C. The number of nitrogens with two attached hydrogens (primary N) is 1. The molecule has 2 rings (SSSR count). The summed E-state index contributed by atoms with van der Waals surface area (Å²) in [5.41, 5.74) is 7.44. The molecule has 0 aromatic carbocycles. The molecular formula is C22H39N3O3Si. The van der Waals surface area contributed by atoms with E-state index >= 15 is 0 Å². The van der Waals surface area contributed by atoms with Gasteiger partial charge in [-0.05, 0) is 75.7 Å². The van der Waals surface area contributed by atoms with Gasteiger partial charge in [0.05, 0.1) is 24.0 Å². The number of alkyl carbamates (subject to hydrolysis) is 1. The van der Waals surface area contributed by atoms with Crippen LogP contribution >= 0.6 is 0 Å². The quantitative estimate of drug-likeness (QED) is 0.651. The minimum Gasteiger partial charge on any atom is -0.444 e. The van der Waals surface area contributed by atoms with Crippen LogP contribution in [0.5, 0.6) is 0 Å². The predicted molar refractivity (Wildman–Crippen MR) is 120 cm³/mol. The minimum atomic E-state index is -1.97. The number of nitrogens with one attached hydrogen (secondary N) is 1. The molecule has 3 atom stereocenters. The molecule has 7 heteroatoms. The average molecular weight is 422 g/mol. The number of hydrogen-bond acceptors (Lipinski definition) is 5. The number of pyridine rings is 1. The number of anilines is 1. The van der Waals surface area contributed by atoms with E-state index in [-0.39, 0.29) is 23.1 Å². The zero-order valence-electron chi connectivity index (χ0n) is 19.3. The van der Waals surface area contributed by atoms with Crippen molar-refractivity contribution in [2.45, 2.75) is 103 Å². The maximum absolute atomic E-state index is 12.5. The van der Waals surface area contributed by atoms with Gasteiger partial charge in [0.25, 0.3) is 0 Å². The molecule has 3 N–H and O–H groups in total. The lowest BCUT2D eigenvalue weighted by Crippen LogP contribution is -2.54. The second kappa shape index (κ2) is 8.64. The summed E-state index contributed by atoms with van der Waals surface area (Å²) >= 11 is 0. The van der Waals surface area contributed by atoms with E-state index in [1.165, 1.54) is 0 Å². The van der Waals surface area contributed by atoms with Crippen molar-refractivity contribution in [2.24, 2.45) is 0 Å². The first kappa shape index (κ1) is 23.7. The van der Waals surface area contributed by atoms with Gasteiger partial charge in [0, 0.05) is 6.20 Å². The summed E-state index contributed by atoms with van der Waals surface area (Å²) in [5, 5.41) is 3.21. The number of amides is 1. The molecule has 0 radical (unpaired) electrons. The van der Waals surface area contributed by atoms with Gasteiger partial charge in [-0.15, -0.1) is 0 Å². The third-order valence-corrected chi connectivity index (χ3v) is 10.6. The summed E-state index contributed by atoms with van der Waals surface area (Å²) in [6.45, 7) is 16.8. The summed E-state index contributed by atoms with van der Waals surface area (Å²) in [6.07, 6.45) is 5.67. The third-order valence-electron chi connectivity index (χ3n) is 6.07. The molecule has 1 aliphatic carbocycles. The van der Waals surface area contributed by atoms with E-state index in [9.17, 15) is 4.79 Å². The van der Waals surface area contributed by atoms with Gasteiger partial charge in [0.1, 0.15) is 5.60 Å². The molecular weight excluding hydrogens is 382 g/mol. The summed E-state index contributed by atoms with van der Waals surface area (Å²) in [6, 6.07) is 1.87. The number of aromatic nitrogens is 1. The highest BCUT2D eigenvalue weighted by molar-refractivity contribution is 6.74. The fourth-order valence-electron chi connectivity index (χ4n) is 3.52. The van der Waals surface area contributed by atoms with Crippen LogP contribution in [0.25, 0.3) is 0 Å². The predicted octanol–water partition coefficient (Wildman–Crippen LogP) is 5.22. The van der Waals surface area contributed by atoms with Crippen molar-refractivity contribution in [2.75, 3.05) is 5.73 Å². The lowest BCUT2D eigenvalue weighted by atomic mass is 9.79. The maximum Gasteiger partial charge on any atom is 0.407 e. The molecule has 1 saturated carbocycles. The molecule has 1 heterocycles. The summed E-state index contributed by atoms with van der Waals surface area (Å²) in [4.78, 5) is 16.6. The van der Waals surface area contributed by atoms with Gasteiger partial charge < -0.3 is 20.2 Å². The van der Waals surface area contributed by atoms with Crippen LogP contribution in [0.4, 0.5) is 10.5 Å². The Bertz CT molecular complexity index is 710. The molecule has 1 aliphatic rings. The van der Waals surface area contributed by atoms with Gasteiger partial charge in [-0.25, -0.2) is 4.79 Å². The fourth-order valence-corrected chi connectivity index (χ4v) is 4.91. The van der Waals surface area contributed by atoms with Gasteiger partial charge >= 0.3 is 6.09 Å². The van der Waals surface area contributed by atoms with Crippen molar-refractivity contribution in [3.8, 4) is 0 Å². The maximum atomic E-state index is 12.5. The number of nitrogen functional groups attached to an aromatic ring is 1. The Labute approximate surface area is 177 Å². The Hall–Kier alpha value is -1.60. The van der Waals surface area contributed by atoms with Gasteiger partial charge in [-0.1, -0.05) is 20.8 Å². The Morgan fingerprint density at radius 3 is 2.41 bits per heavy atom. The monoisotopic (exact) mass is 421 g/mol. The zero-order chi connectivity index (χ0) is 22.0. The molecule has 6 nitrogen and oxygen atoms in total. The number of rotatable bonds is 4. The van der Waals surface area contributed by atoms with E-state index in [0.29, 0.717) is 5.69 Å². The van der Waals surface area contributed by atoms with E-state index in [1.54, 1.807) is 12.4 Å². The van der Waals surface area contributed by atoms with Crippen LogP contribution in [0.1, 0.15) is 72.3 Å². The first-order valence-corrected chi connectivity index (χ1v) is 13.5. The lowest BCUT2D eigenvalue weighted by molar-refractivity contribution is 0.0367. The van der Waals surface area contributed by atoms with Gasteiger partial charge in [0.2, 0.25) is 0 Å². The second-order valence-electron chi connectivity index (χ2n) is 10.7. The van der Waals surface area contributed by atoms with Crippen LogP contribution in [-0.2, 0) is 9.16 Å². The molecule has 1 aromatic heterocycles. The van der Waals surface area contributed by atoms with Crippen LogP contribution in [0.3, 0.4) is 0 Å². The zero-order valence-corrected chi connectivity index (χ0v) is 20.3. The van der Waals surface area contributed by atoms with Crippen molar-refractivity contribution in [3.05, 3.63) is 24.0 Å². The smallest absolute Gasteiger partial charge is 0.407 e. The highest BCUT2D eigenvalue weighted by atomic mass is 28.4. The van der Waals surface area contributed by atoms with Gasteiger partial charge in [-0.3, -0.25) is 4.98 Å². The van der Waals surface area contributed by atoms with Crippen LogP contribution in [0.15, 0.2) is 18.5 Å². The molecule has 1 amide bonds. The number of carbonyl (C=O) groups is 1. The molecule has 29 heavy (non-hydrogen) atoms. The first-order chi connectivity index (χ1) is 13.2. The normalized spacial score (nSPS) is 23.5. The van der Waals surface area contributed by atoms with Crippen LogP contribution in [0.2, 0.25) is 18.1 Å². The molecule has 0 saturated heterocycles. The Balaban J connectivity index is 2.22. The minimum absolute atomic E-state index is 0.0253. The van der Waals surface area contributed by atoms with Crippen molar-refractivity contribution in [3.63, 3.8) is 0 Å². The fraction of sp³-hybridized carbons (Fsp3) is 0.727. The topological polar surface area (TPSA) is 86.5 Å². The summed E-state index contributed by atoms with van der Waals surface area (Å²) in [5.74, 6) is 0.261. The van der Waals surface area contributed by atoms with Crippen molar-refractivity contribution in [1.82, 2.24) is 10.3 Å². The lowest BCUT2D eigenvalue weighted by Gasteiger charge is -2.44. The highest BCUT2D eigenvalue weighted by Crippen LogP contribution is 2.42. The van der Waals surface area contributed by atoms with E-state index in [2.05, 4.69) is 44.2 Å². The largest absolute Gasteiger partial charge is 0.444 e. The van der Waals surface area contributed by atoms with Gasteiger partial charge in [-0.2, -0.15) is 0 Å². The molecule has 0 aliphatic heterocycles. The van der Waals surface area contributed by atoms with E-state index in [4.69, 9.17) is 14.9 Å². The van der Waals surface area contributed by atoms with E-state index < -0.39 is 20.0 Å². The van der Waals surface area contributed by atoms with Crippen molar-refractivity contribution < 1.29 is 14.0 Å². The summed E-state index contributed by atoms with van der Waals surface area (Å²) < 4.78 is 12.2. The Morgan fingerprint density at radius 2 is 1.86 bits per heavy atom. The molecule has 1 unspecified atom stereocenters. The molecule has 0 spiro atoms. The van der Waals surface area contributed by atoms with Crippen molar-refractivity contribution >= 4 is 20.1 Å². The number of hydrogen-bond donors (Lipinski definition) is 2. The molecule has 1 aromatic rings. The number of nitrogens with zero attached hydrogens (tertiary/aromatic N) is 1. The van der Waals surface area contributed by atoms with E-state index in [0.717, 1.165) is 24.8 Å². The van der Waals surface area contributed by atoms with Crippen LogP contribution in [-0.4, -0.2) is 37.1 Å². The molecule has 164 valence electrons. The van der Waals surface area contributed by atoms with E-state index in [1.807, 2.05) is 26.8 Å². The first-order valence-electron chi connectivity index (χ1n) is 10.6. The molecule has 1 fully saturated rings. The number of carbonyl (C=O) groups excluding carboxylic acids is 1. The number of ether oxygens (including phenoxy) is 1. The summed E-state index contributed by atoms with van der Waals surface area (Å²) in [7, 11) is -1.97.